The molecule has 0 bridgehead atoms. The highest BCUT2D eigenvalue weighted by atomic mass is 32.1. The molecule has 6 rings (SSSR count). The van der Waals surface area contributed by atoms with E-state index >= 15 is 0 Å². The number of hydrogen-bond donors (Lipinski definition) is 2. The van der Waals surface area contributed by atoms with Crippen LogP contribution in [0.5, 0.6) is 11.5 Å². The maximum atomic E-state index is 13.3. The summed E-state index contributed by atoms with van der Waals surface area (Å²) in [6.07, 6.45) is 5.20. The Kier molecular flexibility index (Phi) is 5.82. The van der Waals surface area contributed by atoms with Crippen molar-refractivity contribution in [2.75, 3.05) is 23.3 Å². The van der Waals surface area contributed by atoms with Gasteiger partial charge in [0.05, 0.1) is 22.4 Å². The van der Waals surface area contributed by atoms with E-state index in [1.807, 2.05) is 54.6 Å². The van der Waals surface area contributed by atoms with Gasteiger partial charge in [0.1, 0.15) is 21.2 Å². The van der Waals surface area contributed by atoms with E-state index in [0.717, 1.165) is 11.1 Å². The number of rotatable bonds is 5. The Morgan fingerprint density at radius 2 is 1.81 bits per heavy atom. The van der Waals surface area contributed by atoms with Crippen molar-refractivity contribution in [3.05, 3.63) is 71.7 Å². The van der Waals surface area contributed by atoms with Crippen LogP contribution in [0.2, 0.25) is 0 Å². The molecule has 0 aliphatic carbocycles. The van der Waals surface area contributed by atoms with E-state index < -0.39 is 0 Å². The van der Waals surface area contributed by atoms with Crippen LogP contribution in [0.25, 0.3) is 10.2 Å². The molecule has 37 heavy (non-hydrogen) atoms. The van der Waals surface area contributed by atoms with Gasteiger partial charge in [0.2, 0.25) is 0 Å². The first kappa shape index (κ1) is 22.8. The molecule has 10 heteroatoms. The Morgan fingerprint density at radius 3 is 2.54 bits per heavy atom. The number of amides is 3. The van der Waals surface area contributed by atoms with Crippen molar-refractivity contribution in [2.45, 2.75) is 18.9 Å². The molecule has 3 amide bonds. The second-order valence-electron chi connectivity index (χ2n) is 8.83. The molecule has 2 aliphatic rings. The third-order valence-electron chi connectivity index (χ3n) is 6.50. The zero-order chi connectivity index (χ0) is 25.4. The average Bonchev–Trinajstić information content (AvgIpc) is 3.30. The third-order valence-corrected chi connectivity index (χ3v) is 7.59. The number of anilines is 3. The quantitative estimate of drug-likeness (QED) is 0.346. The van der Waals surface area contributed by atoms with Crippen molar-refractivity contribution in [1.82, 2.24) is 15.2 Å². The average molecular weight is 511 g/mol. The zero-order valence-corrected chi connectivity index (χ0v) is 20.5. The highest BCUT2D eigenvalue weighted by Crippen LogP contribution is 2.45. The van der Waals surface area contributed by atoms with Gasteiger partial charge in [-0.2, -0.15) is 5.26 Å². The van der Waals surface area contributed by atoms with Crippen LogP contribution >= 0.6 is 11.3 Å². The number of nitrogens with zero attached hydrogens (tertiary/aromatic N) is 4. The summed E-state index contributed by atoms with van der Waals surface area (Å²) >= 11 is 1.26. The van der Waals surface area contributed by atoms with Crippen LogP contribution in [-0.4, -0.2) is 41.0 Å². The summed E-state index contributed by atoms with van der Waals surface area (Å²) in [7, 11) is 0. The first-order valence-electron chi connectivity index (χ1n) is 11.9. The van der Waals surface area contributed by atoms with E-state index in [1.165, 1.54) is 11.3 Å². The smallest absolute Gasteiger partial charge is 0.331 e. The minimum absolute atomic E-state index is 0.0191. The lowest BCUT2D eigenvalue weighted by Gasteiger charge is -2.29. The van der Waals surface area contributed by atoms with Gasteiger partial charge in [0.25, 0.3) is 5.91 Å². The second kappa shape index (κ2) is 9.44. The largest absolute Gasteiger partial charge is 0.457 e. The van der Waals surface area contributed by atoms with Gasteiger partial charge in [0, 0.05) is 25.3 Å². The summed E-state index contributed by atoms with van der Waals surface area (Å²) in [4.78, 5) is 35.4. The highest BCUT2D eigenvalue weighted by molar-refractivity contribution is 7.21. The van der Waals surface area contributed by atoms with Gasteiger partial charge in [-0.15, -0.1) is 11.3 Å². The van der Waals surface area contributed by atoms with E-state index in [9.17, 15) is 9.59 Å². The summed E-state index contributed by atoms with van der Waals surface area (Å²) in [5.41, 5.74) is 1.82. The molecule has 9 nitrogen and oxygen atoms in total. The number of carbonyl (C=O) groups excluding carboxylic acids is 2. The highest BCUT2D eigenvalue weighted by Gasteiger charge is 2.33. The van der Waals surface area contributed by atoms with Gasteiger partial charge < -0.3 is 20.3 Å². The molecular formula is C27H22N6O3S. The maximum absolute atomic E-state index is 13.3. The summed E-state index contributed by atoms with van der Waals surface area (Å²) in [5, 5.41) is 15.8. The number of benzene rings is 2. The van der Waals surface area contributed by atoms with Crippen LogP contribution in [0.1, 0.15) is 22.5 Å². The van der Waals surface area contributed by atoms with Crippen LogP contribution in [0.3, 0.4) is 0 Å². The molecule has 184 valence electrons. The predicted molar refractivity (Wildman–Crippen MR) is 141 cm³/mol. The fourth-order valence-electron chi connectivity index (χ4n) is 4.66. The minimum atomic E-state index is -0.355. The summed E-state index contributed by atoms with van der Waals surface area (Å²) in [6, 6.07) is 18.2. The van der Waals surface area contributed by atoms with Gasteiger partial charge in [0.15, 0.2) is 6.19 Å². The number of para-hydroxylation sites is 1. The molecule has 2 aromatic carbocycles. The molecule has 4 aromatic rings. The van der Waals surface area contributed by atoms with Gasteiger partial charge in [-0.1, -0.05) is 18.2 Å². The van der Waals surface area contributed by atoms with E-state index in [0.29, 0.717) is 58.5 Å². The first-order valence-corrected chi connectivity index (χ1v) is 12.7. The molecule has 2 aromatic heterocycles. The van der Waals surface area contributed by atoms with Gasteiger partial charge in [-0.3, -0.25) is 9.69 Å². The number of likely N-dealkylation sites (tertiary alicyclic amines) is 1. The van der Waals surface area contributed by atoms with Crippen molar-refractivity contribution >= 4 is 50.6 Å². The molecule has 0 saturated carbocycles. The lowest BCUT2D eigenvalue weighted by atomic mass is 10.1. The topological polar surface area (TPSA) is 111 Å². The number of nitrogens with one attached hydrogen (secondary N) is 2. The molecule has 2 aliphatic heterocycles. The number of carbonyl (C=O) groups is 2. The number of aromatic nitrogens is 1. The fourth-order valence-corrected chi connectivity index (χ4v) is 5.69. The van der Waals surface area contributed by atoms with Gasteiger partial charge in [-0.25, -0.2) is 9.78 Å². The van der Waals surface area contributed by atoms with Crippen LogP contribution in [0.15, 0.2) is 66.9 Å². The first-order chi connectivity index (χ1) is 18.1. The van der Waals surface area contributed by atoms with Crippen molar-refractivity contribution < 1.29 is 14.3 Å². The number of urea groups is 1. The van der Waals surface area contributed by atoms with Gasteiger partial charge >= 0.3 is 6.03 Å². The molecule has 0 unspecified atom stereocenters. The lowest BCUT2D eigenvalue weighted by Crippen LogP contribution is -2.43. The minimum Gasteiger partial charge on any atom is -0.457 e. The summed E-state index contributed by atoms with van der Waals surface area (Å²) < 4.78 is 5.88. The second-order valence-corrected chi connectivity index (χ2v) is 9.82. The van der Waals surface area contributed by atoms with E-state index in [-0.39, 0.29) is 18.0 Å². The Labute approximate surface area is 216 Å². The Balaban J connectivity index is 1.27. The van der Waals surface area contributed by atoms with Crippen molar-refractivity contribution in [1.29, 1.82) is 5.26 Å². The van der Waals surface area contributed by atoms with E-state index in [1.54, 1.807) is 22.1 Å². The van der Waals surface area contributed by atoms with Crippen LogP contribution in [-0.2, 0) is 0 Å². The molecule has 0 radical (unpaired) electrons. The molecular weight excluding hydrogens is 488 g/mol. The zero-order valence-electron chi connectivity index (χ0n) is 19.7. The van der Waals surface area contributed by atoms with E-state index in [2.05, 4.69) is 21.8 Å². The Hall–Kier alpha value is -4.62. The number of pyridine rings is 1. The number of hydrogen-bond acceptors (Lipinski definition) is 7. The molecule has 1 fully saturated rings. The van der Waals surface area contributed by atoms with Crippen LogP contribution in [0, 0.1) is 11.5 Å². The van der Waals surface area contributed by atoms with Crippen molar-refractivity contribution in [3.63, 3.8) is 0 Å². The van der Waals surface area contributed by atoms with Crippen molar-refractivity contribution in [2.24, 2.45) is 0 Å². The molecule has 0 atom stereocenters. The molecule has 2 N–H and O–H groups in total. The normalized spacial score (nSPS) is 15.3. The van der Waals surface area contributed by atoms with Crippen LogP contribution in [0.4, 0.5) is 21.9 Å². The molecule has 0 spiro atoms. The van der Waals surface area contributed by atoms with Gasteiger partial charge in [-0.05, 0) is 55.3 Å². The predicted octanol–water partition coefficient (Wildman–Crippen LogP) is 5.45. The molecule has 1 saturated heterocycles. The standard InChI is InChI=1S/C27H22N6O3S/c28-16-32-14-11-17(12-15-32)30-25(34)24-23-22-21(10-13-29-26(22)37-24)33(27(35)31-23)18-6-8-20(9-7-18)36-19-4-2-1-3-5-19/h1-10,13,17H,11-12,14-15H2,(H,30,34)(H,31,35). The summed E-state index contributed by atoms with van der Waals surface area (Å²) in [6.45, 7) is 1.24. The lowest BCUT2D eigenvalue weighted by molar-refractivity contribution is 0.0926. The SMILES string of the molecule is N#CN1CCC(NC(=O)c2sc3nccc4c3c2NC(=O)N4c2ccc(Oc3ccccc3)cc2)CC1. The fraction of sp³-hybridized carbons (Fsp3) is 0.185. The number of piperidine rings is 1. The Morgan fingerprint density at radius 1 is 1.08 bits per heavy atom. The monoisotopic (exact) mass is 510 g/mol. The maximum Gasteiger partial charge on any atom is 0.331 e. The van der Waals surface area contributed by atoms with Crippen LogP contribution < -0.4 is 20.3 Å². The Bertz CT molecular complexity index is 1520. The van der Waals surface area contributed by atoms with E-state index in [4.69, 9.17) is 10.00 Å². The summed E-state index contributed by atoms with van der Waals surface area (Å²) in [5.74, 6) is 1.14. The third kappa shape index (κ3) is 4.30. The number of ether oxygens (including phenoxy) is 1. The number of nitriles is 1. The number of thiophene rings is 1. The van der Waals surface area contributed by atoms with Crippen molar-refractivity contribution in [3.8, 4) is 17.7 Å². The molecule has 4 heterocycles.